The van der Waals surface area contributed by atoms with Gasteiger partial charge in [0.15, 0.2) is 0 Å². The summed E-state index contributed by atoms with van der Waals surface area (Å²) in [5.74, 6) is 1.08. The topological polar surface area (TPSA) is 67.9 Å². The summed E-state index contributed by atoms with van der Waals surface area (Å²) < 4.78 is 10.8. The second-order valence-electron chi connectivity index (χ2n) is 7.41. The van der Waals surface area contributed by atoms with Crippen LogP contribution < -0.4 is 14.8 Å². The number of aryl methyl sites for hydroxylation is 2. The summed E-state index contributed by atoms with van der Waals surface area (Å²) in [4.78, 5) is 27.2. The van der Waals surface area contributed by atoms with E-state index in [-0.39, 0.29) is 24.4 Å². The molecule has 0 radical (unpaired) electrons. The summed E-state index contributed by atoms with van der Waals surface area (Å²) in [6, 6.07) is 11.3. The van der Waals surface area contributed by atoms with Gasteiger partial charge in [-0.05, 0) is 51.0 Å². The van der Waals surface area contributed by atoms with Crippen LogP contribution in [0.5, 0.6) is 11.5 Å². The monoisotopic (exact) mass is 396 g/mol. The predicted octanol–water partition coefficient (Wildman–Crippen LogP) is 3.41. The van der Waals surface area contributed by atoms with E-state index in [0.717, 1.165) is 29.5 Å². The largest absolute Gasteiger partial charge is 0.497 e. The molecule has 6 nitrogen and oxygen atoms in total. The molecule has 1 heterocycles. The highest BCUT2D eigenvalue weighted by Crippen LogP contribution is 2.38. The van der Waals surface area contributed by atoms with Crippen molar-refractivity contribution in [3.8, 4) is 11.5 Å². The first-order valence-corrected chi connectivity index (χ1v) is 9.81. The summed E-state index contributed by atoms with van der Waals surface area (Å²) in [5, 5.41) is 2.77. The van der Waals surface area contributed by atoms with Gasteiger partial charge in [-0.3, -0.25) is 9.59 Å². The first kappa shape index (κ1) is 20.7. The molecule has 0 spiro atoms. The van der Waals surface area contributed by atoms with E-state index in [1.807, 2.05) is 55.1 Å². The quantitative estimate of drug-likeness (QED) is 0.813. The van der Waals surface area contributed by atoms with Crippen LogP contribution in [0.15, 0.2) is 36.4 Å². The Morgan fingerprint density at radius 2 is 1.79 bits per heavy atom. The van der Waals surface area contributed by atoms with Crippen LogP contribution in [0.25, 0.3) is 0 Å². The number of carbonyl (C=O) groups is 2. The summed E-state index contributed by atoms with van der Waals surface area (Å²) in [6.07, 6.45) is 1.77. The minimum absolute atomic E-state index is 0.0270. The average Bonchev–Trinajstić information content (AvgIpc) is 3.20. The third-order valence-corrected chi connectivity index (χ3v) is 5.26. The van der Waals surface area contributed by atoms with Crippen LogP contribution in [0.1, 0.15) is 45.9 Å². The molecular formula is C23H28N2O4. The molecule has 2 amide bonds. The SMILES string of the molecule is COc1ccc([C@@H]2CCCN2C(=O)CNC(=O)c2cc(C)cc(C)c2)c(OC)c1. The standard InChI is InChI=1S/C23H28N2O4/c1-15-10-16(2)12-17(11-15)23(27)24-14-22(26)25-9-5-6-20(25)19-8-7-18(28-3)13-21(19)29-4/h7-8,10-13,20H,5-6,9,14H2,1-4H3,(H,24,27)/t20-/m0/s1. The Morgan fingerprint density at radius 1 is 1.07 bits per heavy atom. The number of amides is 2. The third kappa shape index (κ3) is 4.70. The van der Waals surface area contributed by atoms with Crippen molar-refractivity contribution in [2.24, 2.45) is 0 Å². The fourth-order valence-electron chi connectivity index (χ4n) is 3.95. The molecule has 1 aliphatic rings. The second kappa shape index (κ2) is 8.99. The van der Waals surface area contributed by atoms with E-state index < -0.39 is 0 Å². The lowest BCUT2D eigenvalue weighted by molar-refractivity contribution is -0.131. The number of rotatable bonds is 6. The Labute approximate surface area is 171 Å². The molecule has 1 atom stereocenters. The van der Waals surface area contributed by atoms with Crippen LogP contribution in [-0.2, 0) is 4.79 Å². The molecule has 0 unspecified atom stereocenters. The van der Waals surface area contributed by atoms with E-state index in [1.165, 1.54) is 0 Å². The minimum atomic E-state index is -0.233. The third-order valence-electron chi connectivity index (χ3n) is 5.26. The van der Waals surface area contributed by atoms with Gasteiger partial charge < -0.3 is 19.7 Å². The molecule has 1 fully saturated rings. The zero-order valence-corrected chi connectivity index (χ0v) is 17.5. The Morgan fingerprint density at radius 3 is 2.45 bits per heavy atom. The van der Waals surface area contributed by atoms with Crippen molar-refractivity contribution < 1.29 is 19.1 Å². The molecule has 1 N–H and O–H groups in total. The molecule has 154 valence electrons. The molecule has 2 aromatic rings. The maximum Gasteiger partial charge on any atom is 0.251 e. The lowest BCUT2D eigenvalue weighted by Gasteiger charge is -2.26. The van der Waals surface area contributed by atoms with Crippen molar-refractivity contribution in [1.29, 1.82) is 0 Å². The first-order chi connectivity index (χ1) is 13.9. The fourth-order valence-corrected chi connectivity index (χ4v) is 3.95. The Bertz CT molecular complexity index is 889. The maximum absolute atomic E-state index is 12.9. The van der Waals surface area contributed by atoms with Gasteiger partial charge in [-0.2, -0.15) is 0 Å². The van der Waals surface area contributed by atoms with E-state index in [4.69, 9.17) is 9.47 Å². The van der Waals surface area contributed by atoms with Gasteiger partial charge in [-0.25, -0.2) is 0 Å². The normalized spacial score (nSPS) is 15.9. The van der Waals surface area contributed by atoms with E-state index in [0.29, 0.717) is 23.6 Å². The molecule has 1 saturated heterocycles. The number of methoxy groups -OCH3 is 2. The Hall–Kier alpha value is -3.02. The summed E-state index contributed by atoms with van der Waals surface area (Å²) in [5.41, 5.74) is 3.57. The van der Waals surface area contributed by atoms with Crippen molar-refractivity contribution in [1.82, 2.24) is 10.2 Å². The molecule has 0 bridgehead atoms. The molecule has 3 rings (SSSR count). The van der Waals surface area contributed by atoms with E-state index in [9.17, 15) is 9.59 Å². The molecule has 0 aromatic heterocycles. The summed E-state index contributed by atoms with van der Waals surface area (Å²) >= 11 is 0. The average molecular weight is 396 g/mol. The zero-order chi connectivity index (χ0) is 21.0. The van der Waals surface area contributed by atoms with Gasteiger partial charge in [0.1, 0.15) is 11.5 Å². The Balaban J connectivity index is 1.69. The van der Waals surface area contributed by atoms with Gasteiger partial charge in [0.05, 0.1) is 26.8 Å². The van der Waals surface area contributed by atoms with Gasteiger partial charge in [-0.15, -0.1) is 0 Å². The zero-order valence-electron chi connectivity index (χ0n) is 17.5. The van der Waals surface area contributed by atoms with Crippen molar-refractivity contribution in [2.45, 2.75) is 32.7 Å². The highest BCUT2D eigenvalue weighted by atomic mass is 16.5. The molecule has 2 aromatic carbocycles. The van der Waals surface area contributed by atoms with E-state index in [2.05, 4.69) is 5.32 Å². The number of nitrogens with one attached hydrogen (secondary N) is 1. The number of ether oxygens (including phenoxy) is 2. The second-order valence-corrected chi connectivity index (χ2v) is 7.41. The number of likely N-dealkylation sites (tertiary alicyclic amines) is 1. The van der Waals surface area contributed by atoms with Crippen LogP contribution >= 0.6 is 0 Å². The number of carbonyl (C=O) groups excluding carboxylic acids is 2. The number of nitrogens with zero attached hydrogens (tertiary/aromatic N) is 1. The van der Waals surface area contributed by atoms with Gasteiger partial charge >= 0.3 is 0 Å². The van der Waals surface area contributed by atoms with Crippen LogP contribution in [0, 0.1) is 13.8 Å². The lowest BCUT2D eigenvalue weighted by Crippen LogP contribution is -2.40. The Kier molecular flexibility index (Phi) is 6.42. The first-order valence-electron chi connectivity index (χ1n) is 9.81. The smallest absolute Gasteiger partial charge is 0.251 e. The molecule has 29 heavy (non-hydrogen) atoms. The van der Waals surface area contributed by atoms with Gasteiger partial charge in [-0.1, -0.05) is 17.2 Å². The number of hydrogen-bond donors (Lipinski definition) is 1. The van der Waals surface area contributed by atoms with Crippen molar-refractivity contribution in [3.05, 3.63) is 58.7 Å². The molecule has 1 aliphatic heterocycles. The van der Waals surface area contributed by atoms with Crippen molar-refractivity contribution in [2.75, 3.05) is 27.3 Å². The summed E-state index contributed by atoms with van der Waals surface area (Å²) in [7, 11) is 3.22. The minimum Gasteiger partial charge on any atom is -0.497 e. The van der Waals surface area contributed by atoms with E-state index >= 15 is 0 Å². The fraction of sp³-hybridized carbons (Fsp3) is 0.391. The lowest BCUT2D eigenvalue weighted by atomic mass is 10.0. The maximum atomic E-state index is 12.9. The summed E-state index contributed by atoms with van der Waals surface area (Å²) in [6.45, 7) is 4.54. The highest BCUT2D eigenvalue weighted by molar-refractivity contribution is 5.96. The van der Waals surface area contributed by atoms with Gasteiger partial charge in [0.25, 0.3) is 5.91 Å². The van der Waals surface area contributed by atoms with Crippen LogP contribution in [-0.4, -0.2) is 44.0 Å². The van der Waals surface area contributed by atoms with Crippen LogP contribution in [0.2, 0.25) is 0 Å². The predicted molar refractivity (Wildman–Crippen MR) is 111 cm³/mol. The molecular weight excluding hydrogens is 368 g/mol. The number of hydrogen-bond acceptors (Lipinski definition) is 4. The highest BCUT2D eigenvalue weighted by Gasteiger charge is 2.32. The molecule has 0 aliphatic carbocycles. The van der Waals surface area contributed by atoms with Crippen LogP contribution in [0.4, 0.5) is 0 Å². The van der Waals surface area contributed by atoms with Crippen molar-refractivity contribution in [3.63, 3.8) is 0 Å². The van der Waals surface area contributed by atoms with Gasteiger partial charge in [0.2, 0.25) is 5.91 Å². The molecule has 6 heteroatoms. The van der Waals surface area contributed by atoms with Gasteiger partial charge in [0, 0.05) is 23.7 Å². The van der Waals surface area contributed by atoms with Crippen LogP contribution in [0.3, 0.4) is 0 Å². The van der Waals surface area contributed by atoms with E-state index in [1.54, 1.807) is 14.2 Å². The van der Waals surface area contributed by atoms with Crippen molar-refractivity contribution >= 4 is 11.8 Å². The molecule has 0 saturated carbocycles. The number of benzene rings is 2.